The van der Waals surface area contributed by atoms with Crippen LogP contribution in [-0.2, 0) is 85.5 Å². The van der Waals surface area contributed by atoms with E-state index in [0.717, 1.165) is 13.8 Å². The van der Waals surface area contributed by atoms with Gasteiger partial charge < -0.3 is 179 Å². The fourth-order valence-corrected chi connectivity index (χ4v) is 12.3. The molecule has 7 heterocycles. The van der Waals surface area contributed by atoms with E-state index in [0.29, 0.717) is 0 Å². The molecule has 7 fully saturated rings. The summed E-state index contributed by atoms with van der Waals surface area (Å²) in [4.78, 5) is 49.5. The van der Waals surface area contributed by atoms with Crippen molar-refractivity contribution in [2.24, 2.45) is 5.92 Å². The van der Waals surface area contributed by atoms with Crippen molar-refractivity contribution in [1.29, 1.82) is 0 Å². The van der Waals surface area contributed by atoms with Crippen LogP contribution >= 0.6 is 0 Å². The molecule has 15 unspecified atom stereocenters. The molecule has 0 spiro atoms. The molecule has 7 aliphatic heterocycles. The number of carbonyl (C=O) groups is 4. The van der Waals surface area contributed by atoms with Crippen LogP contribution < -0.4 is 16.0 Å². The zero-order valence-electron chi connectivity index (χ0n) is 50.8. The standard InChI is InChI=1S/C53H89N3O37/c1-15-20(68)6-53(80-14-64,92-41(15)31(70)21(69)7-57)93-46-34(73)24(10-60)83-51(40(46)79)89-44-27(13-63)86-49(30(37(44)76)56-19(5)67)91-47-38(77)32(71)22(8-58)84-52(47)90-45-33(72)23(9-59)82-50(39(45)78)88-43-26(12-62)85-48(29(36(43)75)55-18(4)66)87-42-25(11-61)81-16(2)28(35(42)74)54-17(3)65/h14-16,20-52,57-63,68-79H,6-13H2,1-5H3,(H,54,65)(H,55,66)(H,56,67)/t15-,16+,20-,21-,22?,23?,24?,25?,26?,27?,28?,29?,30?,31?,32-,33-,34+,35-,36-,37-,38?,39?,40?,41?,42-,43-,44-,45+,46+,47?,48+,49+,50+,51+,52-,53+/m1/s1. The van der Waals surface area contributed by atoms with Crippen molar-refractivity contribution in [2.45, 2.75) is 255 Å². The summed E-state index contributed by atoms with van der Waals surface area (Å²) in [6.07, 6.45) is -60.5. The van der Waals surface area contributed by atoms with Crippen LogP contribution in [-0.4, -0.2) is 382 Å². The molecule has 0 aromatic heterocycles. The Labute approximate surface area is 529 Å². The second kappa shape index (κ2) is 33.4. The van der Waals surface area contributed by atoms with Gasteiger partial charge in [-0.1, -0.05) is 6.92 Å². The van der Waals surface area contributed by atoms with Crippen molar-refractivity contribution in [3.05, 3.63) is 0 Å². The minimum absolute atomic E-state index is 0.221. The smallest absolute Gasteiger partial charge is 0.332 e. The van der Waals surface area contributed by atoms with E-state index in [9.17, 15) is 116 Å². The zero-order valence-corrected chi connectivity index (χ0v) is 50.8. The summed E-state index contributed by atoms with van der Waals surface area (Å²) in [7, 11) is 0. The molecule has 93 heavy (non-hydrogen) atoms. The number of hydrogen-bond donors (Lipinski definition) is 22. The third kappa shape index (κ3) is 17.0. The summed E-state index contributed by atoms with van der Waals surface area (Å²) >= 11 is 0. The molecule has 22 N–H and O–H groups in total. The second-order valence-corrected chi connectivity index (χ2v) is 23.7. The lowest BCUT2D eigenvalue weighted by atomic mass is 9.87. The van der Waals surface area contributed by atoms with Crippen molar-refractivity contribution >= 4 is 24.2 Å². The summed E-state index contributed by atoms with van der Waals surface area (Å²) in [6.45, 7) is -1.37. The quantitative estimate of drug-likeness (QED) is 0.0282. The minimum Gasteiger partial charge on any atom is -0.410 e. The predicted octanol–water partition coefficient (Wildman–Crippen LogP) is -14.2. The maximum Gasteiger partial charge on any atom is 0.332 e. The molecule has 3 amide bonds. The van der Waals surface area contributed by atoms with E-state index in [1.165, 1.54) is 20.8 Å². The second-order valence-electron chi connectivity index (χ2n) is 23.7. The number of rotatable bonds is 26. The van der Waals surface area contributed by atoms with Crippen LogP contribution in [0.2, 0.25) is 0 Å². The molecule has 40 nitrogen and oxygen atoms in total. The van der Waals surface area contributed by atoms with E-state index < -0.39 is 291 Å². The molecule has 36 atom stereocenters. The Hall–Kier alpha value is -3.40. The molecule has 0 bridgehead atoms. The van der Waals surface area contributed by atoms with Crippen LogP contribution in [0, 0.1) is 5.92 Å². The molecule has 0 aromatic rings. The summed E-state index contributed by atoms with van der Waals surface area (Å²) in [6, 6.07) is -4.75. The number of carbonyl (C=O) groups excluding carboxylic acids is 4. The van der Waals surface area contributed by atoms with Crippen molar-refractivity contribution < 1.29 is 183 Å². The third-order valence-electron chi connectivity index (χ3n) is 17.2. The van der Waals surface area contributed by atoms with Crippen LogP contribution in [0.3, 0.4) is 0 Å². The first-order valence-corrected chi connectivity index (χ1v) is 29.9. The largest absolute Gasteiger partial charge is 0.410 e. The lowest BCUT2D eigenvalue weighted by Gasteiger charge is -2.51. The summed E-state index contributed by atoms with van der Waals surface area (Å²) < 4.78 is 81.9. The first-order valence-electron chi connectivity index (χ1n) is 29.9. The Morgan fingerprint density at radius 2 is 0.839 bits per heavy atom. The topological polar surface area (TPSA) is 618 Å². The number of aliphatic hydroxyl groups excluding tert-OH is 19. The maximum atomic E-state index is 12.9. The number of hydrogen-bond acceptors (Lipinski definition) is 37. The molecular weight excluding hydrogens is 1270 g/mol. The Morgan fingerprint density at radius 3 is 1.29 bits per heavy atom. The number of aliphatic hydroxyl groups is 19. The van der Waals surface area contributed by atoms with Gasteiger partial charge in [-0.3, -0.25) is 19.2 Å². The first kappa shape index (κ1) is 77.0. The van der Waals surface area contributed by atoms with Crippen molar-refractivity contribution in [3.8, 4) is 0 Å². The Kier molecular flexibility index (Phi) is 27.7. The third-order valence-corrected chi connectivity index (χ3v) is 17.2. The highest BCUT2D eigenvalue weighted by Gasteiger charge is 2.61. The first-order chi connectivity index (χ1) is 44.0. The fourth-order valence-electron chi connectivity index (χ4n) is 12.3. The van der Waals surface area contributed by atoms with E-state index in [1.54, 1.807) is 0 Å². The molecule has 0 saturated carbocycles. The van der Waals surface area contributed by atoms with E-state index >= 15 is 0 Å². The minimum atomic E-state index is -2.81. The highest BCUT2D eigenvalue weighted by Crippen LogP contribution is 2.42. The molecule has 7 rings (SSSR count). The lowest BCUT2D eigenvalue weighted by Crippen LogP contribution is -2.71. The van der Waals surface area contributed by atoms with Gasteiger partial charge in [0, 0.05) is 26.7 Å². The van der Waals surface area contributed by atoms with Gasteiger partial charge in [0.2, 0.25) is 17.7 Å². The number of nitrogens with one attached hydrogen (secondary N) is 3. The molecule has 7 saturated heterocycles. The van der Waals surface area contributed by atoms with Crippen molar-refractivity contribution in [2.75, 3.05) is 46.2 Å². The highest BCUT2D eigenvalue weighted by molar-refractivity contribution is 5.74. The lowest BCUT2D eigenvalue weighted by molar-refractivity contribution is -0.448. The molecule has 0 aliphatic carbocycles. The number of amides is 3. The molecule has 538 valence electrons. The molecular formula is C53H89N3O37. The summed E-state index contributed by atoms with van der Waals surface area (Å²) in [5, 5.41) is 217. The molecule has 0 radical (unpaired) electrons. The number of ether oxygens (including phenoxy) is 14. The Morgan fingerprint density at radius 1 is 0.462 bits per heavy atom. The average Bonchev–Trinajstić information content (AvgIpc) is 0.775. The SMILES string of the molecule is CC(=O)NC1[C@H](O[C@@H]2C(CO)O[C@@H](C)C(NC(C)=O)[C@H]2O)OC(CO)[C@@H](O[C@@H]2OC(CO)[C@@H](O)[C@H](O[C@H]3OC(CO)[C@@H](O)C(O)C3O[C@@H]3OC(CO)[C@@H](O[C@@H]4OC(CO)[C@H](O)[C@H](O[C@]5(OC=O)C[C@@H](O)[C@@H](C)C(C(O)[C@H](O)CO)O5)C4O)[C@H](O)C3NC(C)=O)C2O)[C@@H]1O. The van der Waals surface area contributed by atoms with Crippen molar-refractivity contribution in [3.63, 3.8) is 0 Å². The van der Waals surface area contributed by atoms with E-state index in [-0.39, 0.29) is 6.47 Å². The van der Waals surface area contributed by atoms with E-state index in [1.807, 2.05) is 0 Å². The highest BCUT2D eigenvalue weighted by atomic mass is 16.9. The van der Waals surface area contributed by atoms with Gasteiger partial charge >= 0.3 is 5.97 Å². The van der Waals surface area contributed by atoms with Crippen LogP contribution in [0.4, 0.5) is 0 Å². The summed E-state index contributed by atoms with van der Waals surface area (Å²) in [5.74, 6) is -6.18. The monoisotopic (exact) mass is 1360 g/mol. The Bertz CT molecular complexity index is 2380. The van der Waals surface area contributed by atoms with Crippen LogP contribution in [0.1, 0.15) is 41.0 Å². The fraction of sp³-hybridized carbons (Fsp3) is 0.925. The molecule has 40 heteroatoms. The van der Waals surface area contributed by atoms with Gasteiger partial charge in [0.15, 0.2) is 31.5 Å². The van der Waals surface area contributed by atoms with Crippen molar-refractivity contribution in [1.82, 2.24) is 16.0 Å². The molecule has 0 aromatic carbocycles. The average molecular weight is 1360 g/mol. The van der Waals surface area contributed by atoms with E-state index in [4.69, 9.17) is 66.3 Å². The van der Waals surface area contributed by atoms with Crippen LogP contribution in [0.25, 0.3) is 0 Å². The Balaban J connectivity index is 1.12. The van der Waals surface area contributed by atoms with E-state index in [2.05, 4.69) is 16.0 Å². The van der Waals surface area contributed by atoms with Gasteiger partial charge in [0.05, 0.1) is 77.0 Å². The van der Waals surface area contributed by atoms with Gasteiger partial charge in [-0.2, -0.15) is 0 Å². The van der Waals surface area contributed by atoms with Gasteiger partial charge in [0.1, 0.15) is 152 Å². The van der Waals surface area contributed by atoms with Gasteiger partial charge in [-0.05, 0) is 6.92 Å². The predicted molar refractivity (Wildman–Crippen MR) is 290 cm³/mol. The van der Waals surface area contributed by atoms with Gasteiger partial charge in [-0.15, -0.1) is 0 Å². The maximum absolute atomic E-state index is 12.9. The zero-order chi connectivity index (χ0) is 68.8. The van der Waals surface area contributed by atoms with Crippen LogP contribution in [0.15, 0.2) is 0 Å². The van der Waals surface area contributed by atoms with Gasteiger partial charge in [-0.25, -0.2) is 0 Å². The van der Waals surface area contributed by atoms with Crippen LogP contribution in [0.5, 0.6) is 0 Å². The normalized spacial score (nSPS) is 47.2. The molecule has 7 aliphatic rings. The van der Waals surface area contributed by atoms with Gasteiger partial charge in [0.25, 0.3) is 6.47 Å². The summed E-state index contributed by atoms with van der Waals surface area (Å²) in [5.41, 5.74) is 0.